The van der Waals surface area contributed by atoms with Crippen LogP contribution < -0.4 is 4.74 Å². The van der Waals surface area contributed by atoms with Crippen molar-refractivity contribution in [3.8, 4) is 5.88 Å². The number of hydrogen-bond donors (Lipinski definition) is 0. The Kier molecular flexibility index (Phi) is 3.10. The molecule has 0 amide bonds. The molecule has 0 spiro atoms. The summed E-state index contributed by atoms with van der Waals surface area (Å²) in [6, 6.07) is 0. The fourth-order valence-electron chi connectivity index (χ4n) is 1.73. The van der Waals surface area contributed by atoms with Crippen molar-refractivity contribution in [1.82, 2.24) is 13.6 Å². The molecule has 0 radical (unpaired) electrons. The van der Waals surface area contributed by atoms with Gasteiger partial charge in [-0.2, -0.15) is 4.37 Å². The summed E-state index contributed by atoms with van der Waals surface area (Å²) >= 11 is 0.852. The van der Waals surface area contributed by atoms with Crippen LogP contribution in [-0.4, -0.2) is 40.2 Å². The molecule has 0 saturated heterocycles. The van der Waals surface area contributed by atoms with Crippen molar-refractivity contribution in [3.63, 3.8) is 0 Å². The zero-order chi connectivity index (χ0) is 19.6. The molecule has 0 aliphatic carbocycles. The van der Waals surface area contributed by atoms with E-state index in [1.54, 1.807) is 0 Å². The van der Waals surface area contributed by atoms with Gasteiger partial charge in [0.1, 0.15) is 5.69 Å². The molecule has 1 aliphatic heterocycles. The van der Waals surface area contributed by atoms with Crippen molar-refractivity contribution in [2.45, 2.75) is 39.0 Å². The molecule has 2 rings (SSSR count). The predicted octanol–water partition coefficient (Wildman–Crippen LogP) is 3.22. The predicted molar refractivity (Wildman–Crippen MR) is 79.6 cm³/mol. The van der Waals surface area contributed by atoms with Crippen LogP contribution in [0.15, 0.2) is 6.08 Å². The monoisotopic (exact) mass is 288 g/mol. The van der Waals surface area contributed by atoms with E-state index in [0.717, 1.165) is 37.4 Å². The third-order valence-electron chi connectivity index (χ3n) is 2.74. The Labute approximate surface area is 129 Å². The average molecular weight is 288 g/mol. The van der Waals surface area contributed by atoms with Crippen LogP contribution in [0.3, 0.4) is 0 Å². The Morgan fingerprint density at radius 2 is 2.42 bits per heavy atom. The molecule has 0 unspecified atom stereocenters. The van der Waals surface area contributed by atoms with E-state index in [-0.39, 0.29) is 28.5 Å². The van der Waals surface area contributed by atoms with Gasteiger partial charge in [0.05, 0.1) is 18.3 Å². The number of ether oxygens (including phenoxy) is 1. The maximum atomic E-state index is 8.30. The minimum atomic E-state index is -2.95. The van der Waals surface area contributed by atoms with E-state index in [9.17, 15) is 0 Å². The lowest BCUT2D eigenvalue weighted by atomic mass is 10.1. The Morgan fingerprint density at radius 3 is 3.26 bits per heavy atom. The van der Waals surface area contributed by atoms with E-state index in [2.05, 4.69) is 15.7 Å². The molecule has 0 saturated carbocycles. The molecular formula is C14H23N3OS. The Morgan fingerprint density at radius 1 is 1.47 bits per heavy atom. The van der Waals surface area contributed by atoms with Crippen molar-refractivity contribution >= 4 is 17.3 Å². The van der Waals surface area contributed by atoms with Crippen LogP contribution in [0.4, 0.5) is 0 Å². The first-order valence-corrected chi connectivity index (χ1v) is 7.21. The largest absolute Gasteiger partial charge is 0.475 e. The van der Waals surface area contributed by atoms with Gasteiger partial charge in [-0.1, -0.05) is 32.3 Å². The van der Waals surface area contributed by atoms with Crippen LogP contribution >= 0.6 is 11.7 Å². The van der Waals surface area contributed by atoms with Gasteiger partial charge in [0, 0.05) is 22.6 Å². The van der Waals surface area contributed by atoms with Crippen molar-refractivity contribution in [2.75, 3.05) is 26.6 Å². The molecule has 5 heteroatoms. The van der Waals surface area contributed by atoms with Crippen LogP contribution in [-0.2, 0) is 0 Å². The lowest BCUT2D eigenvalue weighted by Crippen LogP contribution is -2.25. The summed E-state index contributed by atoms with van der Waals surface area (Å²) in [4.78, 5) is 0.284. The summed E-state index contributed by atoms with van der Waals surface area (Å²) in [6.45, 7) is -5.35. The molecule has 0 fully saturated rings. The first-order chi connectivity index (χ1) is 12.0. The van der Waals surface area contributed by atoms with Gasteiger partial charge in [-0.3, -0.25) is 0 Å². The summed E-state index contributed by atoms with van der Waals surface area (Å²) < 4.78 is 68.9. The Bertz CT molecular complexity index is 645. The van der Waals surface area contributed by atoms with Gasteiger partial charge >= 0.3 is 0 Å². The third kappa shape index (κ3) is 4.28. The normalized spacial score (nSPS) is 27.8. The second-order valence-corrected chi connectivity index (χ2v) is 4.78. The second kappa shape index (κ2) is 7.60. The van der Waals surface area contributed by atoms with E-state index in [1.807, 2.05) is 0 Å². The van der Waals surface area contributed by atoms with Crippen LogP contribution in [0, 0.1) is 0 Å². The second-order valence-electron chi connectivity index (χ2n) is 4.25. The molecule has 19 heavy (non-hydrogen) atoms. The number of aromatic nitrogens is 2. The van der Waals surface area contributed by atoms with Crippen LogP contribution in [0.1, 0.15) is 54.3 Å². The van der Waals surface area contributed by atoms with Crippen molar-refractivity contribution in [1.29, 1.82) is 0 Å². The summed E-state index contributed by atoms with van der Waals surface area (Å²) in [6.07, 6.45) is 5.13. The fourth-order valence-corrected chi connectivity index (χ4v) is 2.24. The fraction of sp³-hybridized carbons (Fsp3) is 0.714. The summed E-state index contributed by atoms with van der Waals surface area (Å²) in [5.74, 6) is 0.162. The number of unbranched alkanes of at least 4 members (excludes halogenated alkanes) is 3. The topological polar surface area (TPSA) is 38.2 Å². The molecule has 0 bridgehead atoms. The van der Waals surface area contributed by atoms with Crippen LogP contribution in [0.2, 0.25) is 0 Å². The average Bonchev–Trinajstić information content (AvgIpc) is 2.92. The van der Waals surface area contributed by atoms with Crippen molar-refractivity contribution in [2.24, 2.45) is 0 Å². The highest BCUT2D eigenvalue weighted by molar-refractivity contribution is 6.99. The first kappa shape index (κ1) is 7.74. The van der Waals surface area contributed by atoms with Crippen molar-refractivity contribution in [3.05, 3.63) is 11.8 Å². The maximum absolute atomic E-state index is 8.30. The van der Waals surface area contributed by atoms with E-state index < -0.39 is 20.0 Å². The number of hydrogen-bond acceptors (Lipinski definition) is 5. The molecule has 1 aromatic rings. The van der Waals surface area contributed by atoms with E-state index >= 15 is 0 Å². The van der Waals surface area contributed by atoms with Gasteiger partial charge in [0.25, 0.3) is 5.88 Å². The summed E-state index contributed by atoms with van der Waals surface area (Å²) in [7, 11) is 0. The highest BCUT2D eigenvalue weighted by Gasteiger charge is 2.18. The van der Waals surface area contributed by atoms with E-state index in [0.29, 0.717) is 6.61 Å². The molecule has 106 valence electrons. The summed E-state index contributed by atoms with van der Waals surface area (Å²) in [5, 5.41) is 0. The Balaban J connectivity index is 2.26. The standard InChI is InChI=1S/C14H23N3OS/c1-3-4-5-6-10-18-14-13(15-19-16-14)12-8-7-9-17(2)11-12/h8H,3-7,9-11H2,1-2H3/i2D3,9D2,11D2. The van der Waals surface area contributed by atoms with Crippen LogP contribution in [0.25, 0.3) is 5.57 Å². The smallest absolute Gasteiger partial charge is 0.253 e. The van der Waals surface area contributed by atoms with E-state index in [4.69, 9.17) is 14.3 Å². The lowest BCUT2D eigenvalue weighted by Gasteiger charge is -2.22. The zero-order valence-electron chi connectivity index (χ0n) is 18.0. The number of nitrogens with zero attached hydrogens (tertiary/aromatic N) is 3. The molecule has 0 aromatic carbocycles. The van der Waals surface area contributed by atoms with Gasteiger partial charge in [0.2, 0.25) is 0 Å². The van der Waals surface area contributed by atoms with E-state index in [1.165, 1.54) is 6.08 Å². The molecule has 0 N–H and O–H groups in total. The molecule has 0 atom stereocenters. The Hall–Kier alpha value is -0.940. The SMILES string of the molecule is [2H]C([2H])([2H])N1C([2H])([2H])CC=C(c2nsnc2OCCCCCC)C1([2H])[2H]. The quantitative estimate of drug-likeness (QED) is 0.722. The number of rotatable bonds is 7. The maximum Gasteiger partial charge on any atom is 0.253 e. The van der Waals surface area contributed by atoms with Gasteiger partial charge in [-0.15, -0.1) is 4.37 Å². The molecule has 4 nitrogen and oxygen atoms in total. The molecular weight excluding hydrogens is 258 g/mol. The van der Waals surface area contributed by atoms with Crippen molar-refractivity contribution < 1.29 is 14.3 Å². The van der Waals surface area contributed by atoms with Crippen LogP contribution in [0.5, 0.6) is 5.88 Å². The first-order valence-electron chi connectivity index (χ1n) is 9.98. The highest BCUT2D eigenvalue weighted by Crippen LogP contribution is 2.27. The minimum absolute atomic E-state index is 0.0268. The number of likely N-dealkylation sites (N-methyl/N-ethyl adjacent to an activating group) is 1. The molecule has 2 heterocycles. The van der Waals surface area contributed by atoms with Gasteiger partial charge in [0.15, 0.2) is 0 Å². The molecule has 1 aliphatic rings. The van der Waals surface area contributed by atoms with Gasteiger partial charge in [-0.05, 0) is 25.4 Å². The molecule has 1 aromatic heterocycles. The third-order valence-corrected chi connectivity index (χ3v) is 3.25. The van der Waals surface area contributed by atoms with Gasteiger partial charge < -0.3 is 9.64 Å². The zero-order valence-corrected chi connectivity index (χ0v) is 11.8. The lowest BCUT2D eigenvalue weighted by molar-refractivity contribution is 0.294. The minimum Gasteiger partial charge on any atom is -0.475 e. The highest BCUT2D eigenvalue weighted by atomic mass is 32.1. The summed E-state index contributed by atoms with van der Waals surface area (Å²) in [5.41, 5.74) is 0.112. The van der Waals surface area contributed by atoms with Gasteiger partial charge in [-0.25, -0.2) is 0 Å².